The molecule has 19 heavy (non-hydrogen) atoms. The molecule has 0 radical (unpaired) electrons. The van der Waals surface area contributed by atoms with Gasteiger partial charge in [0.25, 0.3) is 0 Å². The lowest BCUT2D eigenvalue weighted by molar-refractivity contribution is 0.576. The minimum absolute atomic E-state index is 0.0291. The van der Waals surface area contributed by atoms with Gasteiger partial charge in [-0.05, 0) is 36.5 Å². The van der Waals surface area contributed by atoms with Crippen LogP contribution >= 0.6 is 0 Å². The zero-order chi connectivity index (χ0) is 14.0. The Kier molecular flexibility index (Phi) is 4.25. The highest BCUT2D eigenvalue weighted by molar-refractivity contribution is 5.77. The van der Waals surface area contributed by atoms with Gasteiger partial charge in [0.05, 0.1) is 17.1 Å². The summed E-state index contributed by atoms with van der Waals surface area (Å²) in [6.07, 6.45) is 2.02. The number of hydrogen-bond donors (Lipinski definition) is 1. The van der Waals surface area contributed by atoms with E-state index in [1.807, 2.05) is 0 Å². The Hall–Kier alpha value is -1.35. The predicted octanol–water partition coefficient (Wildman–Crippen LogP) is 3.98. The highest BCUT2D eigenvalue weighted by atomic mass is 15.1. The zero-order valence-electron chi connectivity index (χ0n) is 12.5. The van der Waals surface area contributed by atoms with Crippen LogP contribution < -0.4 is 5.73 Å². The van der Waals surface area contributed by atoms with E-state index in [2.05, 4.69) is 50.5 Å². The molecule has 0 amide bonds. The van der Waals surface area contributed by atoms with Crippen molar-refractivity contribution in [1.29, 1.82) is 0 Å². The van der Waals surface area contributed by atoms with Gasteiger partial charge in [-0.3, -0.25) is 0 Å². The SMILES string of the molecule is CCCn1c(C(N)CC)nc2cc(C(C)C)ccc21. The maximum Gasteiger partial charge on any atom is 0.126 e. The number of nitrogens with two attached hydrogens (primary N) is 1. The third kappa shape index (κ3) is 2.66. The van der Waals surface area contributed by atoms with E-state index in [-0.39, 0.29) is 6.04 Å². The van der Waals surface area contributed by atoms with Crippen molar-refractivity contribution < 1.29 is 0 Å². The number of hydrogen-bond acceptors (Lipinski definition) is 2. The molecule has 3 nitrogen and oxygen atoms in total. The van der Waals surface area contributed by atoms with Crippen molar-refractivity contribution in [3.63, 3.8) is 0 Å². The highest BCUT2D eigenvalue weighted by Gasteiger charge is 2.15. The average molecular weight is 259 g/mol. The van der Waals surface area contributed by atoms with Crippen LogP contribution in [0.15, 0.2) is 18.2 Å². The van der Waals surface area contributed by atoms with Crippen LogP contribution in [0.5, 0.6) is 0 Å². The third-order valence-corrected chi connectivity index (χ3v) is 3.69. The monoisotopic (exact) mass is 259 g/mol. The van der Waals surface area contributed by atoms with E-state index in [4.69, 9.17) is 10.7 Å². The van der Waals surface area contributed by atoms with Gasteiger partial charge >= 0.3 is 0 Å². The Morgan fingerprint density at radius 2 is 2.00 bits per heavy atom. The first kappa shape index (κ1) is 14.1. The molecule has 0 spiro atoms. The van der Waals surface area contributed by atoms with Crippen molar-refractivity contribution in [2.24, 2.45) is 5.73 Å². The second kappa shape index (κ2) is 5.74. The lowest BCUT2D eigenvalue weighted by atomic mass is 10.0. The van der Waals surface area contributed by atoms with Crippen LogP contribution in [0.2, 0.25) is 0 Å². The van der Waals surface area contributed by atoms with Crippen molar-refractivity contribution in [3.8, 4) is 0 Å². The van der Waals surface area contributed by atoms with Crippen LogP contribution in [0, 0.1) is 0 Å². The van der Waals surface area contributed by atoms with Gasteiger partial charge in [-0.1, -0.05) is 33.8 Å². The van der Waals surface area contributed by atoms with Crippen molar-refractivity contribution >= 4 is 11.0 Å². The molecule has 2 N–H and O–H groups in total. The molecular formula is C16H25N3. The van der Waals surface area contributed by atoms with E-state index in [1.54, 1.807) is 0 Å². The van der Waals surface area contributed by atoms with E-state index in [1.165, 1.54) is 11.1 Å². The summed E-state index contributed by atoms with van der Waals surface area (Å²) in [5, 5.41) is 0. The molecule has 1 atom stereocenters. The standard InChI is InChI=1S/C16H25N3/c1-5-9-19-15-8-7-12(11(3)4)10-14(15)18-16(19)13(17)6-2/h7-8,10-11,13H,5-6,9,17H2,1-4H3. The maximum atomic E-state index is 6.20. The fourth-order valence-corrected chi connectivity index (χ4v) is 2.45. The van der Waals surface area contributed by atoms with Crippen molar-refractivity contribution in [2.45, 2.75) is 59.0 Å². The lowest BCUT2D eigenvalue weighted by Crippen LogP contribution is -2.15. The summed E-state index contributed by atoms with van der Waals surface area (Å²) < 4.78 is 2.29. The number of nitrogens with zero attached hydrogens (tertiary/aromatic N) is 2. The third-order valence-electron chi connectivity index (χ3n) is 3.69. The first-order chi connectivity index (χ1) is 9.08. The van der Waals surface area contributed by atoms with Crippen molar-refractivity contribution in [1.82, 2.24) is 9.55 Å². The molecule has 3 heteroatoms. The van der Waals surface area contributed by atoms with Gasteiger partial charge in [0.2, 0.25) is 0 Å². The molecule has 0 aliphatic rings. The summed E-state index contributed by atoms with van der Waals surface area (Å²) in [6.45, 7) is 9.71. The number of fused-ring (bicyclic) bond motifs is 1. The number of imidazole rings is 1. The normalized spacial score (nSPS) is 13.4. The summed E-state index contributed by atoms with van der Waals surface area (Å²) in [5.41, 5.74) is 9.84. The first-order valence-corrected chi connectivity index (χ1v) is 7.34. The Bertz CT molecular complexity index is 554. The molecule has 0 saturated carbocycles. The van der Waals surface area contributed by atoms with E-state index >= 15 is 0 Å². The van der Waals surface area contributed by atoms with E-state index in [0.717, 1.165) is 30.7 Å². The van der Waals surface area contributed by atoms with E-state index in [0.29, 0.717) is 5.92 Å². The second-order valence-corrected chi connectivity index (χ2v) is 5.54. The summed E-state index contributed by atoms with van der Waals surface area (Å²) in [7, 11) is 0. The molecule has 0 aliphatic carbocycles. The zero-order valence-corrected chi connectivity index (χ0v) is 12.5. The summed E-state index contributed by atoms with van der Waals surface area (Å²) in [4.78, 5) is 4.78. The second-order valence-electron chi connectivity index (χ2n) is 5.54. The smallest absolute Gasteiger partial charge is 0.126 e. The van der Waals surface area contributed by atoms with Crippen LogP contribution in [0.1, 0.15) is 63.9 Å². The highest BCUT2D eigenvalue weighted by Crippen LogP contribution is 2.25. The minimum atomic E-state index is 0.0291. The van der Waals surface area contributed by atoms with Crippen LogP contribution in [0.4, 0.5) is 0 Å². The van der Waals surface area contributed by atoms with Crippen molar-refractivity contribution in [3.05, 3.63) is 29.6 Å². The predicted molar refractivity (Wildman–Crippen MR) is 81.3 cm³/mol. The van der Waals surface area contributed by atoms with Crippen molar-refractivity contribution in [2.75, 3.05) is 0 Å². The number of aromatic nitrogens is 2. The molecule has 0 saturated heterocycles. The van der Waals surface area contributed by atoms with E-state index < -0.39 is 0 Å². The largest absolute Gasteiger partial charge is 0.327 e. The van der Waals surface area contributed by atoms with Crippen LogP contribution in [0.25, 0.3) is 11.0 Å². The molecule has 1 aromatic heterocycles. The number of aryl methyl sites for hydroxylation is 1. The average Bonchev–Trinajstić information content (AvgIpc) is 2.76. The van der Waals surface area contributed by atoms with Crippen LogP contribution in [-0.4, -0.2) is 9.55 Å². The number of rotatable bonds is 5. The summed E-state index contributed by atoms with van der Waals surface area (Å²) in [5.74, 6) is 1.56. The van der Waals surface area contributed by atoms with E-state index in [9.17, 15) is 0 Å². The Balaban J connectivity index is 2.58. The quantitative estimate of drug-likeness (QED) is 0.882. The summed E-state index contributed by atoms with van der Waals surface area (Å²) in [6, 6.07) is 6.64. The molecule has 1 unspecified atom stereocenters. The molecule has 0 aliphatic heterocycles. The molecule has 0 fully saturated rings. The molecule has 1 heterocycles. The molecule has 104 valence electrons. The maximum absolute atomic E-state index is 6.20. The van der Waals surface area contributed by atoms with Gasteiger partial charge in [-0.15, -0.1) is 0 Å². The fourth-order valence-electron chi connectivity index (χ4n) is 2.45. The number of benzene rings is 1. The molecule has 2 aromatic rings. The van der Waals surface area contributed by atoms with Crippen LogP contribution in [-0.2, 0) is 6.54 Å². The molecule has 0 bridgehead atoms. The minimum Gasteiger partial charge on any atom is -0.327 e. The van der Waals surface area contributed by atoms with Gasteiger partial charge < -0.3 is 10.3 Å². The van der Waals surface area contributed by atoms with Gasteiger partial charge in [0.1, 0.15) is 5.82 Å². The fraction of sp³-hybridized carbons (Fsp3) is 0.562. The topological polar surface area (TPSA) is 43.8 Å². The Morgan fingerprint density at radius 3 is 2.58 bits per heavy atom. The Morgan fingerprint density at radius 1 is 1.26 bits per heavy atom. The summed E-state index contributed by atoms with van der Waals surface area (Å²) >= 11 is 0. The lowest BCUT2D eigenvalue weighted by Gasteiger charge is -2.12. The molecule has 2 rings (SSSR count). The molecular weight excluding hydrogens is 234 g/mol. The Labute approximate surface area is 115 Å². The molecule has 1 aromatic carbocycles. The van der Waals surface area contributed by atoms with Gasteiger partial charge in [-0.2, -0.15) is 0 Å². The first-order valence-electron chi connectivity index (χ1n) is 7.34. The van der Waals surface area contributed by atoms with Gasteiger partial charge in [0.15, 0.2) is 0 Å². The van der Waals surface area contributed by atoms with Gasteiger partial charge in [-0.25, -0.2) is 4.98 Å². The van der Waals surface area contributed by atoms with Gasteiger partial charge in [0, 0.05) is 6.54 Å². The van der Waals surface area contributed by atoms with Crippen LogP contribution in [0.3, 0.4) is 0 Å².